The fourth-order valence-electron chi connectivity index (χ4n) is 4.22. The first-order valence-corrected chi connectivity index (χ1v) is 13.6. The van der Waals surface area contributed by atoms with Crippen LogP contribution in [-0.2, 0) is 0 Å². The zero-order chi connectivity index (χ0) is 20.0. The number of pyridine rings is 1. The third-order valence-electron chi connectivity index (χ3n) is 5.58. The molecular weight excluding hydrogens is 368 g/mol. The molecule has 0 N–H and O–H groups in total. The molecule has 0 aliphatic heterocycles. The largest absolute Gasteiger partial charge is 0.309 e. The third-order valence-corrected chi connectivity index (χ3v) is 7.60. The first kappa shape index (κ1) is 17.9. The number of fused-ring (bicyclic) bond motifs is 3. The van der Waals surface area contributed by atoms with E-state index in [-0.39, 0.29) is 0 Å². The van der Waals surface area contributed by atoms with Crippen LogP contribution in [-0.4, -0.2) is 17.6 Å². The van der Waals surface area contributed by atoms with E-state index in [1.165, 1.54) is 38.2 Å². The third kappa shape index (κ3) is 2.99. The van der Waals surface area contributed by atoms with Crippen molar-refractivity contribution in [2.45, 2.75) is 19.6 Å². The van der Waals surface area contributed by atoms with E-state index in [1.807, 2.05) is 6.20 Å². The summed E-state index contributed by atoms with van der Waals surface area (Å²) in [7, 11) is -1.50. The van der Waals surface area contributed by atoms with Gasteiger partial charge in [0.25, 0.3) is 0 Å². The zero-order valence-corrected chi connectivity index (χ0v) is 18.1. The Morgan fingerprint density at radius 2 is 1.41 bits per heavy atom. The van der Waals surface area contributed by atoms with Gasteiger partial charge in [-0.05, 0) is 41.6 Å². The lowest BCUT2D eigenvalue weighted by Gasteiger charge is -2.20. The van der Waals surface area contributed by atoms with Crippen LogP contribution in [0, 0.1) is 0 Å². The zero-order valence-electron chi connectivity index (χ0n) is 17.1. The van der Waals surface area contributed by atoms with Crippen molar-refractivity contribution in [2.75, 3.05) is 0 Å². The van der Waals surface area contributed by atoms with Gasteiger partial charge in [0.15, 0.2) is 0 Å². The molecule has 0 fully saturated rings. The number of para-hydroxylation sites is 2. The lowest BCUT2D eigenvalue weighted by molar-refractivity contribution is 1.18. The molecule has 142 valence electrons. The SMILES string of the molecule is C[Si](C)(C)c1cccnc1-c1ccc2c(c1)c1ccccc1n2-c1ccccc1. The van der Waals surface area contributed by atoms with Gasteiger partial charge < -0.3 is 4.57 Å². The maximum Gasteiger partial charge on any atom is 0.0804 e. The van der Waals surface area contributed by atoms with Crippen molar-refractivity contribution in [3.8, 4) is 16.9 Å². The predicted octanol–water partition coefficient (Wildman–Crippen LogP) is 6.39. The molecule has 0 atom stereocenters. The molecule has 0 aliphatic rings. The number of rotatable bonds is 3. The van der Waals surface area contributed by atoms with Crippen LogP contribution in [0.3, 0.4) is 0 Å². The van der Waals surface area contributed by atoms with Crippen LogP contribution in [0.4, 0.5) is 0 Å². The molecule has 29 heavy (non-hydrogen) atoms. The predicted molar refractivity (Wildman–Crippen MR) is 127 cm³/mol. The second-order valence-corrected chi connectivity index (χ2v) is 13.6. The van der Waals surface area contributed by atoms with Gasteiger partial charge in [0.2, 0.25) is 0 Å². The highest BCUT2D eigenvalue weighted by Crippen LogP contribution is 2.34. The molecule has 0 spiro atoms. The summed E-state index contributed by atoms with van der Waals surface area (Å²) in [5.74, 6) is 0. The van der Waals surface area contributed by atoms with Gasteiger partial charge in [0.05, 0.1) is 24.8 Å². The minimum absolute atomic E-state index is 1.13. The van der Waals surface area contributed by atoms with E-state index in [0.29, 0.717) is 0 Å². The molecule has 0 bridgehead atoms. The Bertz CT molecular complexity index is 1330. The van der Waals surface area contributed by atoms with Gasteiger partial charge in [-0.15, -0.1) is 0 Å². The summed E-state index contributed by atoms with van der Waals surface area (Å²) in [4.78, 5) is 4.80. The van der Waals surface area contributed by atoms with Gasteiger partial charge in [0.1, 0.15) is 0 Å². The van der Waals surface area contributed by atoms with E-state index in [0.717, 1.165) is 5.69 Å². The molecule has 2 aromatic heterocycles. The average Bonchev–Trinajstić information content (AvgIpc) is 3.07. The topological polar surface area (TPSA) is 17.8 Å². The highest BCUT2D eigenvalue weighted by Gasteiger charge is 2.22. The molecule has 5 aromatic rings. The molecule has 3 aromatic carbocycles. The van der Waals surface area contributed by atoms with Crippen LogP contribution in [0.25, 0.3) is 38.8 Å². The normalized spacial score (nSPS) is 12.0. The van der Waals surface area contributed by atoms with Crippen LogP contribution < -0.4 is 5.19 Å². The van der Waals surface area contributed by atoms with E-state index < -0.39 is 8.07 Å². The first-order valence-electron chi connectivity index (χ1n) is 10.1. The van der Waals surface area contributed by atoms with E-state index >= 15 is 0 Å². The van der Waals surface area contributed by atoms with Crippen LogP contribution in [0.5, 0.6) is 0 Å². The Labute approximate surface area is 172 Å². The molecule has 3 heteroatoms. The molecular formula is C26H24N2Si. The van der Waals surface area contributed by atoms with E-state index in [2.05, 4.69) is 109 Å². The second kappa shape index (κ2) is 6.71. The summed E-state index contributed by atoms with van der Waals surface area (Å²) in [6.45, 7) is 7.15. The van der Waals surface area contributed by atoms with Gasteiger partial charge in [0, 0.05) is 28.2 Å². The summed E-state index contributed by atoms with van der Waals surface area (Å²) in [6, 6.07) is 30.4. The summed E-state index contributed by atoms with van der Waals surface area (Å²) in [6.07, 6.45) is 1.91. The van der Waals surface area contributed by atoms with Crippen molar-refractivity contribution in [3.63, 3.8) is 0 Å². The van der Waals surface area contributed by atoms with Gasteiger partial charge in [-0.3, -0.25) is 4.98 Å². The average molecular weight is 393 g/mol. The van der Waals surface area contributed by atoms with Crippen molar-refractivity contribution in [1.29, 1.82) is 0 Å². The number of hydrogen-bond donors (Lipinski definition) is 0. The van der Waals surface area contributed by atoms with Crippen molar-refractivity contribution >= 4 is 35.1 Å². The Hall–Kier alpha value is -3.17. The van der Waals surface area contributed by atoms with Gasteiger partial charge in [-0.1, -0.05) is 68.2 Å². The standard InChI is InChI=1S/C26H24N2Si/c1-29(2,3)25-14-9-17-27-26(25)19-15-16-24-22(18-19)21-12-7-8-13-23(21)28(24)20-10-5-4-6-11-20/h4-18H,1-3H3. The van der Waals surface area contributed by atoms with E-state index in [9.17, 15) is 0 Å². The number of benzene rings is 3. The highest BCUT2D eigenvalue weighted by atomic mass is 28.3. The van der Waals surface area contributed by atoms with Crippen molar-refractivity contribution < 1.29 is 0 Å². The monoisotopic (exact) mass is 392 g/mol. The Balaban J connectivity index is 1.82. The van der Waals surface area contributed by atoms with Crippen LogP contribution in [0.15, 0.2) is 91.1 Å². The van der Waals surface area contributed by atoms with Gasteiger partial charge in [-0.25, -0.2) is 0 Å². The molecule has 0 saturated carbocycles. The molecule has 0 amide bonds. The smallest absolute Gasteiger partial charge is 0.0804 e. The van der Waals surface area contributed by atoms with Crippen molar-refractivity contribution in [3.05, 3.63) is 91.1 Å². The van der Waals surface area contributed by atoms with E-state index in [1.54, 1.807) is 0 Å². The summed E-state index contributed by atoms with van der Waals surface area (Å²) in [5.41, 5.74) is 5.98. The second-order valence-electron chi connectivity index (χ2n) is 8.57. The van der Waals surface area contributed by atoms with Crippen LogP contribution >= 0.6 is 0 Å². The van der Waals surface area contributed by atoms with Crippen LogP contribution in [0.2, 0.25) is 19.6 Å². The lowest BCUT2D eigenvalue weighted by Crippen LogP contribution is -2.39. The maximum atomic E-state index is 4.80. The highest BCUT2D eigenvalue weighted by molar-refractivity contribution is 6.89. The number of nitrogens with zero attached hydrogens (tertiary/aromatic N) is 2. The molecule has 5 rings (SSSR count). The Morgan fingerprint density at radius 3 is 2.21 bits per heavy atom. The minimum atomic E-state index is -1.50. The van der Waals surface area contributed by atoms with Gasteiger partial charge in [-0.2, -0.15) is 0 Å². The van der Waals surface area contributed by atoms with Crippen LogP contribution in [0.1, 0.15) is 0 Å². The number of hydrogen-bond acceptors (Lipinski definition) is 1. The summed E-state index contributed by atoms with van der Waals surface area (Å²) >= 11 is 0. The Morgan fingerprint density at radius 1 is 0.690 bits per heavy atom. The molecule has 0 unspecified atom stereocenters. The molecule has 0 saturated heterocycles. The quantitative estimate of drug-likeness (QED) is 0.325. The molecule has 2 nitrogen and oxygen atoms in total. The van der Waals surface area contributed by atoms with E-state index in [4.69, 9.17) is 4.98 Å². The summed E-state index contributed by atoms with van der Waals surface area (Å²) < 4.78 is 2.35. The van der Waals surface area contributed by atoms with Gasteiger partial charge >= 0.3 is 0 Å². The molecule has 2 heterocycles. The fourth-order valence-corrected chi connectivity index (χ4v) is 5.73. The van der Waals surface area contributed by atoms with Crippen molar-refractivity contribution in [2.24, 2.45) is 0 Å². The fraction of sp³-hybridized carbons (Fsp3) is 0.115. The minimum Gasteiger partial charge on any atom is -0.309 e. The summed E-state index contributed by atoms with van der Waals surface area (Å²) in [5, 5.41) is 3.96. The maximum absolute atomic E-state index is 4.80. The molecule has 0 radical (unpaired) electrons. The first-order chi connectivity index (χ1) is 14.0. The number of aromatic nitrogens is 2. The van der Waals surface area contributed by atoms with Crippen molar-refractivity contribution in [1.82, 2.24) is 9.55 Å². The molecule has 0 aliphatic carbocycles. The lowest BCUT2D eigenvalue weighted by atomic mass is 10.1. The Kier molecular flexibility index (Phi) is 4.14.